The van der Waals surface area contributed by atoms with Crippen LogP contribution in [0, 0.1) is 10.8 Å². The van der Waals surface area contributed by atoms with E-state index in [-0.39, 0.29) is 16.9 Å². The Balaban J connectivity index is 0.850. The van der Waals surface area contributed by atoms with Crippen molar-refractivity contribution < 1.29 is 18.0 Å². The highest BCUT2D eigenvalue weighted by molar-refractivity contribution is 5.77. The van der Waals surface area contributed by atoms with Crippen molar-refractivity contribution in [2.24, 2.45) is 17.9 Å². The monoisotopic (exact) mass is 490 g/mol. The van der Waals surface area contributed by atoms with Crippen LogP contribution in [0.25, 0.3) is 0 Å². The number of aromatic amines is 1. The second-order valence-corrected chi connectivity index (χ2v) is 11.7. The Morgan fingerprint density at radius 2 is 1.71 bits per heavy atom. The number of aromatic nitrogens is 5. The highest BCUT2D eigenvalue weighted by atomic mass is 19.4. The predicted molar refractivity (Wildman–Crippen MR) is 117 cm³/mol. The molecule has 7 rings (SSSR count). The normalized spacial score (nSPS) is 25.4. The third-order valence-electron chi connectivity index (χ3n) is 8.58. The van der Waals surface area contributed by atoms with Gasteiger partial charge in [-0.3, -0.25) is 14.7 Å². The smallest absolute Gasteiger partial charge is 0.323 e. The topological polar surface area (TPSA) is 86.2 Å². The number of rotatable bonds is 4. The van der Waals surface area contributed by atoms with Crippen LogP contribution in [0.5, 0.6) is 0 Å². The van der Waals surface area contributed by atoms with Crippen LogP contribution in [0.4, 0.5) is 18.0 Å². The first kappa shape index (κ1) is 21.6. The Labute approximate surface area is 200 Å². The zero-order chi connectivity index (χ0) is 24.2. The fourth-order valence-electron chi connectivity index (χ4n) is 6.75. The van der Waals surface area contributed by atoms with Crippen molar-refractivity contribution in [3.63, 3.8) is 0 Å². The van der Waals surface area contributed by atoms with Gasteiger partial charge in [0.1, 0.15) is 11.5 Å². The molecule has 5 fully saturated rings. The Morgan fingerprint density at radius 1 is 1.06 bits per heavy atom. The molecular weight excluding hydrogens is 461 g/mol. The van der Waals surface area contributed by atoms with Gasteiger partial charge in [-0.05, 0) is 31.7 Å². The minimum Gasteiger partial charge on any atom is -0.323 e. The summed E-state index contributed by atoms with van der Waals surface area (Å²) in [4.78, 5) is 23.6. The summed E-state index contributed by atoms with van der Waals surface area (Å²) in [6.07, 6.45) is 0.144. The van der Waals surface area contributed by atoms with E-state index in [2.05, 4.69) is 25.2 Å². The molecule has 0 atom stereocenters. The summed E-state index contributed by atoms with van der Waals surface area (Å²) in [6.45, 7) is 5.08. The summed E-state index contributed by atoms with van der Waals surface area (Å²) in [6, 6.07) is 1.25. The molecule has 1 N–H and O–H groups in total. The van der Waals surface area contributed by atoms with E-state index in [1.807, 2.05) is 9.80 Å². The number of amides is 2. The van der Waals surface area contributed by atoms with E-state index < -0.39 is 11.9 Å². The first-order chi connectivity index (χ1) is 16.6. The van der Waals surface area contributed by atoms with Crippen molar-refractivity contribution in [1.29, 1.82) is 0 Å². The Hall–Kier alpha value is -2.63. The van der Waals surface area contributed by atoms with Crippen LogP contribution in [0.2, 0.25) is 0 Å². The van der Waals surface area contributed by atoms with E-state index in [4.69, 9.17) is 0 Å². The van der Waals surface area contributed by atoms with Crippen LogP contribution < -0.4 is 0 Å². The molecule has 0 bridgehead atoms. The van der Waals surface area contributed by atoms with Crippen molar-refractivity contribution in [3.8, 4) is 0 Å². The number of carbonyl (C=O) groups excluding carboxylic acids is 1. The van der Waals surface area contributed by atoms with Crippen LogP contribution in [-0.2, 0) is 19.8 Å². The molecule has 188 valence electrons. The van der Waals surface area contributed by atoms with Gasteiger partial charge in [0.2, 0.25) is 0 Å². The second-order valence-electron chi connectivity index (χ2n) is 11.7. The third-order valence-corrected chi connectivity index (χ3v) is 8.58. The number of hydrogen-bond acceptors (Lipinski definition) is 5. The van der Waals surface area contributed by atoms with Crippen LogP contribution >= 0.6 is 0 Å². The van der Waals surface area contributed by atoms with Gasteiger partial charge in [0.05, 0.1) is 5.69 Å². The number of H-pyrrole nitrogens is 1. The number of urea groups is 1. The van der Waals surface area contributed by atoms with E-state index in [0.29, 0.717) is 24.1 Å². The van der Waals surface area contributed by atoms with Gasteiger partial charge in [0, 0.05) is 75.5 Å². The lowest BCUT2D eigenvalue weighted by atomic mass is 9.57. The summed E-state index contributed by atoms with van der Waals surface area (Å²) < 4.78 is 39.8. The molecule has 2 amide bonds. The van der Waals surface area contributed by atoms with Crippen molar-refractivity contribution in [2.45, 2.75) is 50.2 Å². The summed E-state index contributed by atoms with van der Waals surface area (Å²) in [7, 11) is 1.32. The van der Waals surface area contributed by atoms with Gasteiger partial charge in [-0.2, -0.15) is 23.4 Å². The fourth-order valence-corrected chi connectivity index (χ4v) is 6.75. The Kier molecular flexibility index (Phi) is 4.32. The largest absolute Gasteiger partial charge is 0.433 e. The highest BCUT2D eigenvalue weighted by Crippen LogP contribution is 2.56. The number of nitrogens with zero attached hydrogens (tertiary/aromatic N) is 7. The Morgan fingerprint density at radius 3 is 2.31 bits per heavy atom. The first-order valence-electron chi connectivity index (χ1n) is 12.4. The van der Waals surface area contributed by atoms with E-state index >= 15 is 0 Å². The van der Waals surface area contributed by atoms with Crippen LogP contribution in [0.3, 0.4) is 0 Å². The van der Waals surface area contributed by atoms with E-state index in [1.165, 1.54) is 19.9 Å². The first-order valence-corrected chi connectivity index (χ1v) is 12.4. The third kappa shape index (κ3) is 3.54. The van der Waals surface area contributed by atoms with Gasteiger partial charge in [-0.15, -0.1) is 0 Å². The van der Waals surface area contributed by atoms with Gasteiger partial charge < -0.3 is 9.80 Å². The average molecular weight is 491 g/mol. The number of halogens is 3. The molecule has 2 aromatic heterocycles. The molecule has 2 saturated carbocycles. The van der Waals surface area contributed by atoms with Gasteiger partial charge in [0.15, 0.2) is 5.82 Å². The molecule has 5 aliphatic rings. The summed E-state index contributed by atoms with van der Waals surface area (Å²) >= 11 is 0. The molecule has 2 aliphatic carbocycles. The second kappa shape index (κ2) is 6.98. The molecular formula is C23H29F3N8O. The zero-order valence-electron chi connectivity index (χ0n) is 19.7. The lowest BCUT2D eigenvalue weighted by molar-refractivity contribution is -0.143. The molecule has 5 heterocycles. The van der Waals surface area contributed by atoms with Crippen molar-refractivity contribution in [2.75, 3.05) is 39.3 Å². The summed E-state index contributed by atoms with van der Waals surface area (Å²) in [5, 5.41) is 11.5. The highest BCUT2D eigenvalue weighted by Gasteiger charge is 2.58. The number of carbonyl (C=O) groups is 1. The van der Waals surface area contributed by atoms with Crippen molar-refractivity contribution in [3.05, 3.63) is 29.1 Å². The Bertz CT molecular complexity index is 1160. The number of hydrogen-bond donors (Lipinski definition) is 1. The van der Waals surface area contributed by atoms with Gasteiger partial charge in [-0.1, -0.05) is 0 Å². The van der Waals surface area contributed by atoms with Crippen molar-refractivity contribution in [1.82, 2.24) is 39.7 Å². The maximum Gasteiger partial charge on any atom is 0.433 e. The number of nitrogens with one attached hydrogen (secondary N) is 1. The van der Waals surface area contributed by atoms with E-state index in [9.17, 15) is 18.0 Å². The SMILES string of the molecule is Cn1nc(CN2CC3(C2)CN(C(=O)N2CC4(CC(c5n[nH]c(C6CC6)n5)C4)C2)C3)cc1C(F)(F)F. The van der Waals surface area contributed by atoms with Gasteiger partial charge >= 0.3 is 12.2 Å². The lowest BCUT2D eigenvalue weighted by Gasteiger charge is -2.63. The summed E-state index contributed by atoms with van der Waals surface area (Å²) in [5.41, 5.74) is 0.0399. The minimum absolute atomic E-state index is 0.0896. The molecule has 35 heavy (non-hydrogen) atoms. The number of aryl methyl sites for hydroxylation is 1. The molecule has 3 saturated heterocycles. The van der Waals surface area contributed by atoms with E-state index in [1.54, 1.807) is 0 Å². The quantitative estimate of drug-likeness (QED) is 0.712. The van der Waals surface area contributed by atoms with E-state index in [0.717, 1.165) is 74.5 Å². The van der Waals surface area contributed by atoms with Gasteiger partial charge in [-0.25, -0.2) is 9.78 Å². The molecule has 12 heteroatoms. The lowest BCUT2D eigenvalue weighted by Crippen LogP contribution is -2.75. The van der Waals surface area contributed by atoms with Gasteiger partial charge in [0.25, 0.3) is 0 Å². The van der Waals surface area contributed by atoms with Crippen molar-refractivity contribution >= 4 is 6.03 Å². The number of alkyl halides is 3. The number of likely N-dealkylation sites (tertiary alicyclic amines) is 3. The fraction of sp³-hybridized carbons (Fsp3) is 0.739. The predicted octanol–water partition coefficient (Wildman–Crippen LogP) is 2.55. The molecule has 3 aliphatic heterocycles. The zero-order valence-corrected chi connectivity index (χ0v) is 19.7. The molecule has 2 aromatic rings. The van der Waals surface area contributed by atoms with Crippen LogP contribution in [-0.4, -0.2) is 85.0 Å². The molecule has 2 spiro atoms. The molecule has 0 unspecified atom stereocenters. The van der Waals surface area contributed by atoms with Crippen LogP contribution in [0.1, 0.15) is 60.6 Å². The summed E-state index contributed by atoms with van der Waals surface area (Å²) in [5.74, 6) is 2.98. The minimum atomic E-state index is -4.39. The van der Waals surface area contributed by atoms with Crippen LogP contribution in [0.15, 0.2) is 6.07 Å². The molecule has 9 nitrogen and oxygen atoms in total. The molecule has 0 radical (unpaired) electrons. The maximum absolute atomic E-state index is 13.0. The molecule has 0 aromatic carbocycles. The standard InChI is InChI=1S/C23H29F3N8O/c1-31-17(23(24,25)26)4-16(30-31)7-32-8-22(9-32)12-34(13-22)20(35)33-10-21(11-33)5-15(6-21)19-27-18(28-29-19)14-2-3-14/h4,14-15H,2-3,5-13H2,1H3,(H,27,28,29). The average Bonchev–Trinajstić information content (AvgIpc) is 3.28. The maximum atomic E-state index is 13.0.